The van der Waals surface area contributed by atoms with E-state index in [1.807, 2.05) is 54.6 Å². The summed E-state index contributed by atoms with van der Waals surface area (Å²) < 4.78 is 0. The van der Waals surface area contributed by atoms with Crippen LogP contribution < -0.4 is 4.90 Å². The Balaban J connectivity index is 2.10. The van der Waals surface area contributed by atoms with Crippen LogP contribution in [0, 0.1) is 0 Å². The first-order valence-corrected chi connectivity index (χ1v) is 6.93. The van der Waals surface area contributed by atoms with Gasteiger partial charge in [0.25, 0.3) is 0 Å². The number of carbonyl (C=O) groups excluding carboxylic acids is 1. The zero-order valence-electron chi connectivity index (χ0n) is 11.7. The predicted octanol–water partition coefficient (Wildman–Crippen LogP) is 3.73. The van der Waals surface area contributed by atoms with Gasteiger partial charge in [-0.2, -0.15) is 0 Å². The molecule has 2 aromatic rings. The van der Waals surface area contributed by atoms with Gasteiger partial charge >= 0.3 is 0 Å². The van der Waals surface area contributed by atoms with Crippen molar-refractivity contribution in [3.63, 3.8) is 0 Å². The van der Waals surface area contributed by atoms with Crippen molar-refractivity contribution in [1.82, 2.24) is 0 Å². The van der Waals surface area contributed by atoms with Crippen molar-refractivity contribution in [2.24, 2.45) is 4.99 Å². The van der Waals surface area contributed by atoms with E-state index in [0.29, 0.717) is 13.0 Å². The largest absolute Gasteiger partial charge is 0.306 e. The van der Waals surface area contributed by atoms with Crippen molar-refractivity contribution >= 4 is 23.0 Å². The number of carbonyl (C=O) groups is 1. The van der Waals surface area contributed by atoms with Crippen LogP contribution in [-0.4, -0.2) is 18.2 Å². The minimum Gasteiger partial charge on any atom is -0.306 e. The average Bonchev–Trinajstić information content (AvgIpc) is 2.66. The van der Waals surface area contributed by atoms with Crippen LogP contribution in [0.25, 0.3) is 0 Å². The van der Waals surface area contributed by atoms with E-state index < -0.39 is 0 Å². The van der Waals surface area contributed by atoms with Crippen molar-refractivity contribution in [2.75, 3.05) is 11.4 Å². The van der Waals surface area contributed by atoms with Gasteiger partial charge in [-0.1, -0.05) is 48.5 Å². The lowest BCUT2D eigenvalue weighted by molar-refractivity contribution is -0.117. The molecule has 1 amide bonds. The molecular formula is C18H16N2O. The van der Waals surface area contributed by atoms with Crippen LogP contribution in [0.3, 0.4) is 0 Å². The highest BCUT2D eigenvalue weighted by molar-refractivity contribution is 6.17. The quantitative estimate of drug-likeness (QED) is 0.786. The van der Waals surface area contributed by atoms with Crippen LogP contribution in [0.1, 0.15) is 12.0 Å². The second-order valence-corrected chi connectivity index (χ2v) is 4.88. The lowest BCUT2D eigenvalue weighted by Crippen LogP contribution is -2.31. The van der Waals surface area contributed by atoms with Crippen molar-refractivity contribution in [1.29, 1.82) is 0 Å². The zero-order chi connectivity index (χ0) is 14.7. The molecule has 104 valence electrons. The number of para-hydroxylation sites is 2. The summed E-state index contributed by atoms with van der Waals surface area (Å²) >= 11 is 0. The molecule has 2 aromatic carbocycles. The molecule has 1 aliphatic heterocycles. The van der Waals surface area contributed by atoms with Crippen LogP contribution in [0.5, 0.6) is 0 Å². The average molecular weight is 276 g/mol. The fourth-order valence-electron chi connectivity index (χ4n) is 2.47. The molecule has 0 spiro atoms. The number of fused-ring (bicyclic) bond motifs is 1. The second kappa shape index (κ2) is 5.75. The first-order valence-electron chi connectivity index (χ1n) is 6.93. The number of amides is 1. The Hall–Kier alpha value is -2.68. The Labute approximate surface area is 124 Å². The summed E-state index contributed by atoms with van der Waals surface area (Å²) in [6.07, 6.45) is 2.04. The SMILES string of the molecule is C=CCN1C(=O)CC(c2ccccc2)=Nc2ccccc21. The van der Waals surface area contributed by atoms with Gasteiger partial charge < -0.3 is 4.90 Å². The molecule has 3 nitrogen and oxygen atoms in total. The molecule has 0 bridgehead atoms. The molecule has 3 heteroatoms. The van der Waals surface area contributed by atoms with E-state index in [0.717, 1.165) is 22.6 Å². The lowest BCUT2D eigenvalue weighted by atomic mass is 10.1. The number of aliphatic imine (C=N–C) groups is 1. The van der Waals surface area contributed by atoms with Crippen LogP contribution in [0.2, 0.25) is 0 Å². The third-order valence-electron chi connectivity index (χ3n) is 3.47. The van der Waals surface area contributed by atoms with Gasteiger partial charge in [-0.05, 0) is 17.7 Å². The molecule has 3 rings (SSSR count). The topological polar surface area (TPSA) is 32.7 Å². The van der Waals surface area contributed by atoms with E-state index in [2.05, 4.69) is 6.58 Å². The number of benzene rings is 2. The molecule has 1 aliphatic rings. The molecule has 21 heavy (non-hydrogen) atoms. The molecule has 0 aliphatic carbocycles. The highest BCUT2D eigenvalue weighted by Crippen LogP contribution is 2.32. The summed E-state index contributed by atoms with van der Waals surface area (Å²) in [6.45, 7) is 4.23. The van der Waals surface area contributed by atoms with Crippen LogP contribution >= 0.6 is 0 Å². The Morgan fingerprint density at radius 1 is 1.10 bits per heavy atom. The Kier molecular flexibility index (Phi) is 3.65. The van der Waals surface area contributed by atoms with E-state index in [1.54, 1.807) is 11.0 Å². The normalized spacial score (nSPS) is 14.2. The van der Waals surface area contributed by atoms with Crippen molar-refractivity contribution < 1.29 is 4.79 Å². The Bertz CT molecular complexity index is 704. The molecule has 0 saturated heterocycles. The van der Waals surface area contributed by atoms with Gasteiger partial charge in [0.15, 0.2) is 0 Å². The molecule has 1 heterocycles. The smallest absolute Gasteiger partial charge is 0.233 e. The number of anilines is 1. The van der Waals surface area contributed by atoms with Crippen LogP contribution in [0.4, 0.5) is 11.4 Å². The van der Waals surface area contributed by atoms with Crippen molar-refractivity contribution in [2.45, 2.75) is 6.42 Å². The Morgan fingerprint density at radius 2 is 1.81 bits per heavy atom. The summed E-state index contributed by atoms with van der Waals surface area (Å²) in [6, 6.07) is 17.6. The summed E-state index contributed by atoms with van der Waals surface area (Å²) in [7, 11) is 0. The predicted molar refractivity (Wildman–Crippen MR) is 86.2 cm³/mol. The first-order chi connectivity index (χ1) is 10.3. The molecule has 0 unspecified atom stereocenters. The number of nitrogens with zero attached hydrogens (tertiary/aromatic N) is 2. The summed E-state index contributed by atoms with van der Waals surface area (Å²) in [4.78, 5) is 19.0. The molecule has 0 fully saturated rings. The van der Waals surface area contributed by atoms with Gasteiger partial charge in [0.1, 0.15) is 0 Å². The third kappa shape index (κ3) is 2.63. The fourth-order valence-corrected chi connectivity index (χ4v) is 2.47. The molecule has 0 atom stereocenters. The van der Waals surface area contributed by atoms with Gasteiger partial charge in [0, 0.05) is 6.54 Å². The van der Waals surface area contributed by atoms with E-state index in [9.17, 15) is 4.79 Å². The maximum atomic E-state index is 12.5. The van der Waals surface area contributed by atoms with Crippen molar-refractivity contribution in [3.05, 3.63) is 72.8 Å². The maximum Gasteiger partial charge on any atom is 0.233 e. The third-order valence-corrected chi connectivity index (χ3v) is 3.47. The molecule has 0 saturated carbocycles. The summed E-state index contributed by atoms with van der Waals surface area (Å²) in [5.41, 5.74) is 3.46. The highest BCUT2D eigenvalue weighted by atomic mass is 16.2. The monoisotopic (exact) mass is 276 g/mol. The molecule has 0 N–H and O–H groups in total. The molecule has 0 radical (unpaired) electrons. The minimum absolute atomic E-state index is 0.0439. The molecule has 0 aromatic heterocycles. The van der Waals surface area contributed by atoms with E-state index >= 15 is 0 Å². The lowest BCUT2D eigenvalue weighted by Gasteiger charge is -2.20. The van der Waals surface area contributed by atoms with Gasteiger partial charge in [-0.15, -0.1) is 6.58 Å². The van der Waals surface area contributed by atoms with Gasteiger partial charge in [-0.3, -0.25) is 9.79 Å². The van der Waals surface area contributed by atoms with Gasteiger partial charge in [0.2, 0.25) is 5.91 Å². The number of hydrogen-bond acceptors (Lipinski definition) is 2. The van der Waals surface area contributed by atoms with E-state index in [1.165, 1.54) is 0 Å². The standard InChI is InChI=1S/C18H16N2O/c1-2-12-20-17-11-7-6-10-15(17)19-16(13-18(20)21)14-8-4-3-5-9-14/h2-11H,1,12-13H2. The highest BCUT2D eigenvalue weighted by Gasteiger charge is 2.23. The number of rotatable bonds is 3. The van der Waals surface area contributed by atoms with Crippen molar-refractivity contribution in [3.8, 4) is 0 Å². The first kappa shape index (κ1) is 13.3. The van der Waals surface area contributed by atoms with Crippen LogP contribution in [-0.2, 0) is 4.79 Å². The fraction of sp³-hybridized carbons (Fsp3) is 0.111. The van der Waals surface area contributed by atoms with E-state index in [4.69, 9.17) is 4.99 Å². The summed E-state index contributed by atoms with van der Waals surface area (Å²) in [5.74, 6) is 0.0439. The minimum atomic E-state index is 0.0439. The zero-order valence-corrected chi connectivity index (χ0v) is 11.7. The van der Waals surface area contributed by atoms with Gasteiger partial charge in [0.05, 0.1) is 23.5 Å². The number of hydrogen-bond donors (Lipinski definition) is 0. The maximum absolute atomic E-state index is 12.5. The second-order valence-electron chi connectivity index (χ2n) is 4.88. The Morgan fingerprint density at radius 3 is 2.57 bits per heavy atom. The molecular weight excluding hydrogens is 260 g/mol. The van der Waals surface area contributed by atoms with E-state index in [-0.39, 0.29) is 5.91 Å². The summed E-state index contributed by atoms with van der Waals surface area (Å²) in [5, 5.41) is 0. The van der Waals surface area contributed by atoms with Gasteiger partial charge in [-0.25, -0.2) is 0 Å². The van der Waals surface area contributed by atoms with Crippen LogP contribution in [0.15, 0.2) is 72.2 Å².